The van der Waals surface area contributed by atoms with E-state index >= 15 is 0 Å². The van der Waals surface area contributed by atoms with Crippen molar-refractivity contribution in [2.75, 3.05) is 6.61 Å². The zero-order valence-corrected chi connectivity index (χ0v) is 13.3. The fourth-order valence-electron chi connectivity index (χ4n) is 3.54. The van der Waals surface area contributed by atoms with Gasteiger partial charge in [-0.25, -0.2) is 0 Å². The molecule has 8 nitrogen and oxygen atoms in total. The second kappa shape index (κ2) is 6.37. The van der Waals surface area contributed by atoms with E-state index in [1.54, 1.807) is 12.3 Å². The van der Waals surface area contributed by atoms with Crippen molar-refractivity contribution in [3.63, 3.8) is 0 Å². The normalized spacial score (nSPS) is 26.3. The predicted molar refractivity (Wildman–Crippen MR) is 84.1 cm³/mol. The van der Waals surface area contributed by atoms with Gasteiger partial charge in [0.1, 0.15) is 0 Å². The van der Waals surface area contributed by atoms with Gasteiger partial charge >= 0.3 is 0 Å². The van der Waals surface area contributed by atoms with E-state index in [1.165, 1.54) is 0 Å². The van der Waals surface area contributed by atoms with E-state index in [1.807, 2.05) is 21.6 Å². The molecule has 8 heteroatoms. The molecule has 3 heterocycles. The monoisotopic (exact) mass is 331 g/mol. The van der Waals surface area contributed by atoms with Gasteiger partial charge < -0.3 is 15.2 Å². The highest BCUT2D eigenvalue weighted by Crippen LogP contribution is 2.27. The Hall–Kier alpha value is -2.19. The number of hydrogen-bond acceptors (Lipinski definition) is 5. The zero-order chi connectivity index (χ0) is 16.5. The average Bonchev–Trinajstić information content (AvgIpc) is 3.28. The van der Waals surface area contributed by atoms with Gasteiger partial charge in [0.05, 0.1) is 37.6 Å². The molecular formula is C16H21N5O3. The van der Waals surface area contributed by atoms with E-state index in [0.717, 1.165) is 18.7 Å². The van der Waals surface area contributed by atoms with Gasteiger partial charge in [0, 0.05) is 18.9 Å². The molecule has 0 bridgehead atoms. The summed E-state index contributed by atoms with van der Waals surface area (Å²) in [5, 5.41) is 21.7. The molecule has 3 atom stereocenters. The van der Waals surface area contributed by atoms with Crippen molar-refractivity contribution in [2.45, 2.75) is 44.7 Å². The first kappa shape index (κ1) is 15.3. The highest BCUT2D eigenvalue weighted by molar-refractivity contribution is 5.92. The number of aromatic nitrogens is 4. The number of carbonyl (C=O) groups is 1. The maximum absolute atomic E-state index is 12.4. The van der Waals surface area contributed by atoms with Crippen molar-refractivity contribution in [1.29, 1.82) is 0 Å². The minimum atomic E-state index is -0.532. The molecule has 1 unspecified atom stereocenters. The van der Waals surface area contributed by atoms with Crippen LogP contribution in [0.3, 0.4) is 0 Å². The third kappa shape index (κ3) is 3.07. The van der Waals surface area contributed by atoms with Gasteiger partial charge in [-0.2, -0.15) is 10.2 Å². The summed E-state index contributed by atoms with van der Waals surface area (Å²) in [5.74, 6) is 0.0643. The number of hydrogen-bond donors (Lipinski definition) is 2. The van der Waals surface area contributed by atoms with Crippen LogP contribution in [-0.4, -0.2) is 49.3 Å². The van der Waals surface area contributed by atoms with Gasteiger partial charge in [0.25, 0.3) is 5.91 Å². The van der Waals surface area contributed by atoms with Crippen molar-refractivity contribution in [3.05, 3.63) is 35.9 Å². The lowest BCUT2D eigenvalue weighted by molar-refractivity contribution is 0.0794. The third-order valence-electron chi connectivity index (χ3n) is 4.74. The van der Waals surface area contributed by atoms with Gasteiger partial charge in [0.2, 0.25) is 0 Å². The molecule has 0 spiro atoms. The first-order valence-electron chi connectivity index (χ1n) is 8.30. The van der Waals surface area contributed by atoms with Gasteiger partial charge in [-0.1, -0.05) is 0 Å². The number of rotatable bonds is 4. The highest BCUT2D eigenvalue weighted by atomic mass is 16.5. The van der Waals surface area contributed by atoms with Crippen LogP contribution in [0.5, 0.6) is 0 Å². The van der Waals surface area contributed by atoms with Crippen molar-refractivity contribution < 1.29 is 14.6 Å². The Kier molecular flexibility index (Phi) is 4.07. The standard InChI is InChI=1S/C16H21N5O3/c22-15-7-11(9-20-3-1-2-17-20)6-13(15)18-16(23)14-8-12-10-24-5-4-21(12)19-14/h1-3,8,11,13,15,22H,4-7,9-10H2,(H,18,23)/t11?,13-,15-/m1/s1. The first-order valence-corrected chi connectivity index (χ1v) is 8.30. The van der Waals surface area contributed by atoms with E-state index in [9.17, 15) is 9.90 Å². The molecule has 2 N–H and O–H groups in total. The molecule has 2 aromatic heterocycles. The molecule has 128 valence electrons. The molecule has 0 aromatic carbocycles. The van der Waals surface area contributed by atoms with Crippen LogP contribution >= 0.6 is 0 Å². The lowest BCUT2D eigenvalue weighted by Gasteiger charge is -2.15. The molecule has 1 aliphatic carbocycles. The summed E-state index contributed by atoms with van der Waals surface area (Å²) in [7, 11) is 0. The smallest absolute Gasteiger partial charge is 0.272 e. The number of nitrogens with one attached hydrogen (secondary N) is 1. The van der Waals surface area contributed by atoms with E-state index in [0.29, 0.717) is 37.8 Å². The van der Waals surface area contributed by atoms with Gasteiger partial charge in [0.15, 0.2) is 5.69 Å². The number of carbonyl (C=O) groups excluding carboxylic acids is 1. The van der Waals surface area contributed by atoms with E-state index < -0.39 is 6.10 Å². The fourth-order valence-corrected chi connectivity index (χ4v) is 3.54. The van der Waals surface area contributed by atoms with E-state index in [-0.39, 0.29) is 11.9 Å². The van der Waals surface area contributed by atoms with Crippen LogP contribution in [0.4, 0.5) is 0 Å². The molecule has 1 amide bonds. The van der Waals surface area contributed by atoms with Crippen molar-refractivity contribution in [3.8, 4) is 0 Å². The summed E-state index contributed by atoms with van der Waals surface area (Å²) in [6, 6.07) is 3.40. The minimum absolute atomic E-state index is 0.235. The molecule has 1 fully saturated rings. The molecule has 24 heavy (non-hydrogen) atoms. The molecule has 1 saturated carbocycles. The third-order valence-corrected chi connectivity index (χ3v) is 4.74. The molecule has 2 aromatic rings. The fraction of sp³-hybridized carbons (Fsp3) is 0.562. The topological polar surface area (TPSA) is 94.2 Å². The van der Waals surface area contributed by atoms with Crippen LogP contribution in [-0.2, 0) is 24.4 Å². The number of fused-ring (bicyclic) bond motifs is 1. The Morgan fingerprint density at radius 3 is 3.17 bits per heavy atom. The van der Waals surface area contributed by atoms with Gasteiger partial charge in [-0.15, -0.1) is 0 Å². The van der Waals surface area contributed by atoms with Crippen LogP contribution in [0.25, 0.3) is 0 Å². The number of aliphatic hydroxyl groups is 1. The SMILES string of the molecule is O=C(N[C@@H]1CC(Cn2cccn2)C[C@H]1O)c1cc2n(n1)CCOC2. The maximum Gasteiger partial charge on any atom is 0.272 e. The van der Waals surface area contributed by atoms with Gasteiger partial charge in [-0.3, -0.25) is 14.2 Å². The van der Waals surface area contributed by atoms with Crippen LogP contribution in [0.15, 0.2) is 24.5 Å². The number of aliphatic hydroxyl groups excluding tert-OH is 1. The molecule has 0 radical (unpaired) electrons. The molecule has 0 saturated heterocycles. The molecule has 4 rings (SSSR count). The number of ether oxygens (including phenoxy) is 1. The summed E-state index contributed by atoms with van der Waals surface area (Å²) in [6.07, 6.45) is 4.53. The lowest BCUT2D eigenvalue weighted by Crippen LogP contribution is -2.40. The molecular weight excluding hydrogens is 310 g/mol. The maximum atomic E-state index is 12.4. The summed E-state index contributed by atoms with van der Waals surface area (Å²) in [5.41, 5.74) is 1.30. The predicted octanol–water partition coefficient (Wildman–Crippen LogP) is 0.179. The second-order valence-electron chi connectivity index (χ2n) is 6.51. The van der Waals surface area contributed by atoms with Crippen LogP contribution in [0.1, 0.15) is 29.0 Å². The lowest BCUT2D eigenvalue weighted by atomic mass is 10.1. The zero-order valence-electron chi connectivity index (χ0n) is 13.3. The molecule has 2 aliphatic rings. The van der Waals surface area contributed by atoms with Crippen LogP contribution in [0, 0.1) is 5.92 Å². The number of nitrogens with zero attached hydrogens (tertiary/aromatic N) is 4. The van der Waals surface area contributed by atoms with E-state index in [2.05, 4.69) is 15.5 Å². The van der Waals surface area contributed by atoms with Crippen molar-refractivity contribution >= 4 is 5.91 Å². The van der Waals surface area contributed by atoms with Crippen LogP contribution < -0.4 is 5.32 Å². The van der Waals surface area contributed by atoms with E-state index in [4.69, 9.17) is 4.74 Å². The Labute approximate surface area is 139 Å². The Balaban J connectivity index is 1.37. The first-order chi connectivity index (χ1) is 11.7. The Bertz CT molecular complexity index is 688. The molecule has 1 aliphatic heterocycles. The second-order valence-corrected chi connectivity index (χ2v) is 6.51. The Morgan fingerprint density at radius 2 is 2.38 bits per heavy atom. The quantitative estimate of drug-likeness (QED) is 0.833. The van der Waals surface area contributed by atoms with Crippen molar-refractivity contribution in [1.82, 2.24) is 24.9 Å². The summed E-state index contributed by atoms with van der Waals surface area (Å²) >= 11 is 0. The van der Waals surface area contributed by atoms with Crippen LogP contribution in [0.2, 0.25) is 0 Å². The Morgan fingerprint density at radius 1 is 1.46 bits per heavy atom. The summed E-state index contributed by atoms with van der Waals surface area (Å²) in [4.78, 5) is 12.4. The van der Waals surface area contributed by atoms with Crippen molar-refractivity contribution in [2.24, 2.45) is 5.92 Å². The minimum Gasteiger partial charge on any atom is -0.391 e. The van der Waals surface area contributed by atoms with Gasteiger partial charge in [-0.05, 0) is 30.9 Å². The largest absolute Gasteiger partial charge is 0.391 e. The summed E-state index contributed by atoms with van der Waals surface area (Å²) in [6.45, 7) is 2.53. The summed E-state index contributed by atoms with van der Waals surface area (Å²) < 4.78 is 9.04. The number of amides is 1. The average molecular weight is 331 g/mol. The highest BCUT2D eigenvalue weighted by Gasteiger charge is 2.34.